The SMILES string of the molecule is CCCCCCCCC(NC)c1ccc(C)c(C)c1OC. The van der Waals surface area contributed by atoms with Gasteiger partial charge in [0, 0.05) is 11.6 Å². The van der Waals surface area contributed by atoms with Crippen molar-refractivity contribution in [1.29, 1.82) is 0 Å². The number of rotatable bonds is 10. The van der Waals surface area contributed by atoms with Gasteiger partial charge < -0.3 is 10.1 Å². The van der Waals surface area contributed by atoms with E-state index < -0.39 is 0 Å². The molecule has 0 spiro atoms. The molecule has 1 N–H and O–H groups in total. The summed E-state index contributed by atoms with van der Waals surface area (Å²) in [6.45, 7) is 6.56. The van der Waals surface area contributed by atoms with Gasteiger partial charge in [0.25, 0.3) is 0 Å². The molecule has 21 heavy (non-hydrogen) atoms. The van der Waals surface area contributed by atoms with E-state index in [9.17, 15) is 0 Å². The highest BCUT2D eigenvalue weighted by molar-refractivity contribution is 5.46. The summed E-state index contributed by atoms with van der Waals surface area (Å²) >= 11 is 0. The molecule has 2 nitrogen and oxygen atoms in total. The van der Waals surface area contributed by atoms with Crippen LogP contribution in [0.3, 0.4) is 0 Å². The van der Waals surface area contributed by atoms with E-state index in [2.05, 4.69) is 45.3 Å². The lowest BCUT2D eigenvalue weighted by molar-refractivity contribution is 0.393. The maximum absolute atomic E-state index is 5.66. The Labute approximate surface area is 131 Å². The topological polar surface area (TPSA) is 21.3 Å². The summed E-state index contributed by atoms with van der Waals surface area (Å²) < 4.78 is 5.66. The van der Waals surface area contributed by atoms with E-state index >= 15 is 0 Å². The lowest BCUT2D eigenvalue weighted by Gasteiger charge is -2.21. The Bertz CT molecular complexity index is 414. The smallest absolute Gasteiger partial charge is 0.126 e. The van der Waals surface area contributed by atoms with Crippen LogP contribution in [0.1, 0.15) is 74.6 Å². The Morgan fingerprint density at radius 3 is 2.33 bits per heavy atom. The fraction of sp³-hybridized carbons (Fsp3) is 0.684. The van der Waals surface area contributed by atoms with Crippen molar-refractivity contribution in [3.05, 3.63) is 28.8 Å². The van der Waals surface area contributed by atoms with Gasteiger partial charge in [-0.2, -0.15) is 0 Å². The summed E-state index contributed by atoms with van der Waals surface area (Å²) in [5, 5.41) is 3.46. The van der Waals surface area contributed by atoms with Gasteiger partial charge in [-0.3, -0.25) is 0 Å². The van der Waals surface area contributed by atoms with Crippen LogP contribution in [0, 0.1) is 13.8 Å². The van der Waals surface area contributed by atoms with Crippen molar-refractivity contribution in [3.8, 4) is 5.75 Å². The van der Waals surface area contributed by atoms with E-state index in [1.54, 1.807) is 7.11 Å². The molecule has 0 bridgehead atoms. The van der Waals surface area contributed by atoms with Gasteiger partial charge in [0.15, 0.2) is 0 Å². The largest absolute Gasteiger partial charge is 0.496 e. The molecular formula is C19H33NO. The Morgan fingerprint density at radius 2 is 1.71 bits per heavy atom. The third-order valence-electron chi connectivity index (χ3n) is 4.48. The molecule has 1 rings (SSSR count). The summed E-state index contributed by atoms with van der Waals surface area (Å²) in [5.74, 6) is 1.06. The molecule has 1 aromatic carbocycles. The first-order valence-electron chi connectivity index (χ1n) is 8.47. The predicted octanol–water partition coefficient (Wildman–Crippen LogP) is 5.32. The van der Waals surface area contributed by atoms with Gasteiger partial charge in [-0.05, 0) is 38.4 Å². The molecule has 1 unspecified atom stereocenters. The minimum absolute atomic E-state index is 0.394. The first-order chi connectivity index (χ1) is 10.2. The van der Waals surface area contributed by atoms with E-state index in [0.29, 0.717) is 6.04 Å². The van der Waals surface area contributed by atoms with E-state index in [0.717, 1.165) is 5.75 Å². The first-order valence-corrected chi connectivity index (χ1v) is 8.47. The lowest BCUT2D eigenvalue weighted by atomic mass is 9.95. The number of aryl methyl sites for hydroxylation is 1. The van der Waals surface area contributed by atoms with Crippen LogP contribution in [0.15, 0.2) is 12.1 Å². The quantitative estimate of drug-likeness (QED) is 0.589. The molecule has 0 amide bonds. The van der Waals surface area contributed by atoms with E-state index in [1.807, 2.05) is 0 Å². The molecule has 0 aliphatic carbocycles. The molecule has 0 radical (unpaired) electrons. The summed E-state index contributed by atoms with van der Waals surface area (Å²) in [7, 11) is 3.83. The van der Waals surface area contributed by atoms with Crippen LogP contribution in [-0.2, 0) is 0 Å². The third kappa shape index (κ3) is 5.35. The lowest BCUT2D eigenvalue weighted by Crippen LogP contribution is -2.17. The Kier molecular flexibility index (Phi) is 8.44. The average Bonchev–Trinajstić information content (AvgIpc) is 2.50. The van der Waals surface area contributed by atoms with Gasteiger partial charge in [-0.25, -0.2) is 0 Å². The van der Waals surface area contributed by atoms with Crippen LogP contribution in [0.4, 0.5) is 0 Å². The fourth-order valence-corrected chi connectivity index (χ4v) is 2.94. The molecule has 0 heterocycles. The van der Waals surface area contributed by atoms with Crippen LogP contribution in [0.5, 0.6) is 5.75 Å². The number of nitrogens with one attached hydrogen (secondary N) is 1. The van der Waals surface area contributed by atoms with Gasteiger partial charge in [-0.15, -0.1) is 0 Å². The minimum Gasteiger partial charge on any atom is -0.496 e. The van der Waals surface area contributed by atoms with Crippen molar-refractivity contribution in [2.24, 2.45) is 0 Å². The van der Waals surface area contributed by atoms with E-state index in [4.69, 9.17) is 4.74 Å². The van der Waals surface area contributed by atoms with Crippen molar-refractivity contribution in [2.75, 3.05) is 14.2 Å². The van der Waals surface area contributed by atoms with E-state index in [-0.39, 0.29) is 0 Å². The number of hydrogen-bond acceptors (Lipinski definition) is 2. The van der Waals surface area contributed by atoms with Crippen LogP contribution >= 0.6 is 0 Å². The van der Waals surface area contributed by atoms with Gasteiger partial charge in [0.2, 0.25) is 0 Å². The second kappa shape index (κ2) is 9.83. The van der Waals surface area contributed by atoms with Crippen LogP contribution in [0.25, 0.3) is 0 Å². The third-order valence-corrected chi connectivity index (χ3v) is 4.48. The zero-order valence-electron chi connectivity index (χ0n) is 14.6. The van der Waals surface area contributed by atoms with Gasteiger partial charge in [-0.1, -0.05) is 57.6 Å². The van der Waals surface area contributed by atoms with Gasteiger partial charge in [0.05, 0.1) is 7.11 Å². The number of hydrogen-bond donors (Lipinski definition) is 1. The Hall–Kier alpha value is -1.02. The Morgan fingerprint density at radius 1 is 1.05 bits per heavy atom. The van der Waals surface area contributed by atoms with Gasteiger partial charge in [0.1, 0.15) is 5.75 Å². The molecule has 0 saturated carbocycles. The highest BCUT2D eigenvalue weighted by Gasteiger charge is 2.16. The number of benzene rings is 1. The summed E-state index contributed by atoms with van der Waals surface area (Å²) in [6.07, 6.45) is 9.25. The zero-order valence-corrected chi connectivity index (χ0v) is 14.6. The van der Waals surface area contributed by atoms with Gasteiger partial charge >= 0.3 is 0 Å². The standard InChI is InChI=1S/C19H33NO/c1-6-7-8-9-10-11-12-18(20-4)17-14-13-15(2)16(3)19(17)21-5/h13-14,18,20H,6-12H2,1-5H3. The van der Waals surface area contributed by atoms with Crippen molar-refractivity contribution in [2.45, 2.75) is 71.8 Å². The number of unbranched alkanes of at least 4 members (excludes halogenated alkanes) is 5. The molecule has 0 saturated heterocycles. The molecule has 2 heteroatoms. The first kappa shape index (κ1) is 18.0. The summed E-state index contributed by atoms with van der Waals surface area (Å²) in [4.78, 5) is 0. The van der Waals surface area contributed by atoms with Crippen molar-refractivity contribution < 1.29 is 4.74 Å². The molecule has 0 aliphatic rings. The monoisotopic (exact) mass is 291 g/mol. The molecule has 1 aromatic rings. The maximum Gasteiger partial charge on any atom is 0.126 e. The summed E-state index contributed by atoms with van der Waals surface area (Å²) in [5.41, 5.74) is 3.86. The van der Waals surface area contributed by atoms with Crippen LogP contribution in [-0.4, -0.2) is 14.2 Å². The van der Waals surface area contributed by atoms with Crippen molar-refractivity contribution in [1.82, 2.24) is 5.32 Å². The maximum atomic E-state index is 5.66. The zero-order chi connectivity index (χ0) is 15.7. The van der Waals surface area contributed by atoms with Crippen molar-refractivity contribution in [3.63, 3.8) is 0 Å². The average molecular weight is 291 g/mol. The molecule has 0 aliphatic heterocycles. The highest BCUT2D eigenvalue weighted by Crippen LogP contribution is 2.33. The fourth-order valence-electron chi connectivity index (χ4n) is 2.94. The number of methoxy groups -OCH3 is 1. The molecule has 120 valence electrons. The summed E-state index contributed by atoms with van der Waals surface area (Å²) in [6, 6.07) is 4.82. The minimum atomic E-state index is 0.394. The second-order valence-corrected chi connectivity index (χ2v) is 6.03. The highest BCUT2D eigenvalue weighted by atomic mass is 16.5. The molecular weight excluding hydrogens is 258 g/mol. The number of ether oxygens (including phenoxy) is 1. The molecule has 0 fully saturated rings. The van der Waals surface area contributed by atoms with E-state index in [1.165, 1.54) is 61.6 Å². The van der Waals surface area contributed by atoms with Crippen LogP contribution < -0.4 is 10.1 Å². The molecule has 1 atom stereocenters. The Balaban J connectivity index is 2.62. The van der Waals surface area contributed by atoms with Crippen molar-refractivity contribution >= 4 is 0 Å². The normalized spacial score (nSPS) is 12.4. The van der Waals surface area contributed by atoms with Crippen LogP contribution in [0.2, 0.25) is 0 Å². The second-order valence-electron chi connectivity index (χ2n) is 6.03. The predicted molar refractivity (Wildman–Crippen MR) is 92.3 cm³/mol. The molecule has 0 aromatic heterocycles.